The highest BCUT2D eigenvalue weighted by atomic mass is 32.2. The lowest BCUT2D eigenvalue weighted by molar-refractivity contribution is 0.427. The zero-order valence-electron chi connectivity index (χ0n) is 10.7. The summed E-state index contributed by atoms with van der Waals surface area (Å²) in [4.78, 5) is 1.15. The van der Waals surface area contributed by atoms with E-state index >= 15 is 0 Å². The van der Waals surface area contributed by atoms with Crippen LogP contribution < -0.4 is 5.32 Å². The minimum absolute atomic E-state index is 0.282. The zero-order valence-corrected chi connectivity index (χ0v) is 11.5. The van der Waals surface area contributed by atoms with Gasteiger partial charge in [-0.1, -0.05) is 31.2 Å². The van der Waals surface area contributed by atoms with E-state index in [0.29, 0.717) is 12.1 Å². The van der Waals surface area contributed by atoms with Gasteiger partial charge in [0.05, 0.1) is 0 Å². The van der Waals surface area contributed by atoms with Crippen LogP contribution in [0.2, 0.25) is 0 Å². The first-order valence-corrected chi connectivity index (χ1v) is 7.13. The largest absolute Gasteiger partial charge is 0.505 e. The highest BCUT2D eigenvalue weighted by Gasteiger charge is 2.07. The number of anilines is 1. The van der Waals surface area contributed by atoms with E-state index in [0.717, 1.165) is 16.3 Å². The number of thioether (sulfide) groups is 1. The number of benzene rings is 2. The lowest BCUT2D eigenvalue weighted by atomic mass is 10.2. The summed E-state index contributed by atoms with van der Waals surface area (Å²) in [7, 11) is 0. The fourth-order valence-corrected chi connectivity index (χ4v) is 2.57. The molecule has 0 aliphatic heterocycles. The Kier molecular flexibility index (Phi) is 4.68. The molecule has 2 nitrogen and oxygen atoms in total. The Bertz CT molecular complexity index is 560. The Morgan fingerprint density at radius 3 is 2.74 bits per heavy atom. The maximum absolute atomic E-state index is 13.2. The van der Waals surface area contributed by atoms with E-state index < -0.39 is 5.82 Å². The third kappa shape index (κ3) is 3.41. The maximum atomic E-state index is 13.2. The molecule has 100 valence electrons. The van der Waals surface area contributed by atoms with Gasteiger partial charge in [0.2, 0.25) is 0 Å². The molecule has 0 heterocycles. The highest BCUT2D eigenvalue weighted by molar-refractivity contribution is 7.99. The zero-order chi connectivity index (χ0) is 13.7. The molecule has 2 aromatic rings. The molecule has 2 rings (SSSR count). The predicted molar refractivity (Wildman–Crippen MR) is 78.2 cm³/mol. The molecular formula is C15H16FNOS. The van der Waals surface area contributed by atoms with Crippen molar-refractivity contribution in [3.63, 3.8) is 0 Å². The molecule has 0 saturated heterocycles. The molecule has 0 unspecified atom stereocenters. The van der Waals surface area contributed by atoms with Crippen LogP contribution >= 0.6 is 11.8 Å². The number of phenols is 1. The van der Waals surface area contributed by atoms with Crippen molar-refractivity contribution in [3.05, 3.63) is 53.8 Å². The van der Waals surface area contributed by atoms with Crippen LogP contribution in [0.4, 0.5) is 10.1 Å². The number of hydrogen-bond acceptors (Lipinski definition) is 3. The first-order valence-electron chi connectivity index (χ1n) is 6.14. The third-order valence-corrected chi connectivity index (χ3v) is 3.68. The molecule has 4 heteroatoms. The lowest BCUT2D eigenvalue weighted by Crippen LogP contribution is -2.01. The van der Waals surface area contributed by atoms with Gasteiger partial charge in [-0.2, -0.15) is 0 Å². The Morgan fingerprint density at radius 2 is 1.95 bits per heavy atom. The van der Waals surface area contributed by atoms with Crippen molar-refractivity contribution >= 4 is 17.4 Å². The van der Waals surface area contributed by atoms with Crippen molar-refractivity contribution in [2.45, 2.75) is 18.4 Å². The van der Waals surface area contributed by atoms with Gasteiger partial charge in [-0.25, -0.2) is 4.39 Å². The normalized spacial score (nSPS) is 10.4. The smallest absolute Gasteiger partial charge is 0.165 e. The Morgan fingerprint density at radius 1 is 1.16 bits per heavy atom. The molecule has 0 amide bonds. The molecular weight excluding hydrogens is 261 g/mol. The molecule has 0 aliphatic rings. The molecule has 0 radical (unpaired) electrons. The summed E-state index contributed by atoms with van der Waals surface area (Å²) in [5, 5.41) is 12.9. The summed E-state index contributed by atoms with van der Waals surface area (Å²) < 4.78 is 13.2. The summed E-state index contributed by atoms with van der Waals surface area (Å²) in [5.41, 5.74) is 1.55. The summed E-state index contributed by atoms with van der Waals surface area (Å²) in [6.07, 6.45) is 0. The first kappa shape index (κ1) is 13.7. The summed E-state index contributed by atoms with van der Waals surface area (Å²) >= 11 is 1.75. The van der Waals surface area contributed by atoms with Crippen LogP contribution in [-0.2, 0) is 6.54 Å². The van der Waals surface area contributed by atoms with Gasteiger partial charge in [0.25, 0.3) is 0 Å². The van der Waals surface area contributed by atoms with Gasteiger partial charge in [-0.15, -0.1) is 11.8 Å². The van der Waals surface area contributed by atoms with Crippen LogP contribution in [0.5, 0.6) is 5.75 Å². The van der Waals surface area contributed by atoms with E-state index in [9.17, 15) is 9.50 Å². The van der Waals surface area contributed by atoms with Gasteiger partial charge in [-0.3, -0.25) is 0 Å². The minimum Gasteiger partial charge on any atom is -0.505 e. The van der Waals surface area contributed by atoms with E-state index in [1.807, 2.05) is 24.3 Å². The van der Waals surface area contributed by atoms with Crippen molar-refractivity contribution in [1.82, 2.24) is 0 Å². The van der Waals surface area contributed by atoms with E-state index in [1.54, 1.807) is 23.9 Å². The SMILES string of the molecule is CCSc1ccccc1NCc1cccc(F)c1O. The molecule has 0 fully saturated rings. The number of halogens is 1. The van der Waals surface area contributed by atoms with E-state index in [1.165, 1.54) is 6.07 Å². The molecule has 0 atom stereocenters. The van der Waals surface area contributed by atoms with Gasteiger partial charge in [0.15, 0.2) is 11.6 Å². The van der Waals surface area contributed by atoms with E-state index in [4.69, 9.17) is 0 Å². The van der Waals surface area contributed by atoms with Gasteiger partial charge < -0.3 is 10.4 Å². The first-order chi connectivity index (χ1) is 9.22. The third-order valence-electron chi connectivity index (χ3n) is 2.73. The van der Waals surface area contributed by atoms with Gasteiger partial charge in [0, 0.05) is 22.7 Å². The Balaban J connectivity index is 2.12. The lowest BCUT2D eigenvalue weighted by Gasteiger charge is -2.12. The van der Waals surface area contributed by atoms with Crippen molar-refractivity contribution in [2.24, 2.45) is 0 Å². The summed E-state index contributed by atoms with van der Waals surface area (Å²) in [6.45, 7) is 2.49. The number of nitrogens with one attached hydrogen (secondary N) is 1. The molecule has 0 aliphatic carbocycles. The number of phenolic OH excluding ortho intramolecular Hbond substituents is 1. The second-order valence-corrected chi connectivity index (χ2v) is 5.34. The van der Waals surface area contributed by atoms with Crippen LogP contribution in [0.15, 0.2) is 47.4 Å². The molecule has 2 aromatic carbocycles. The second kappa shape index (κ2) is 6.48. The highest BCUT2D eigenvalue weighted by Crippen LogP contribution is 2.28. The monoisotopic (exact) mass is 277 g/mol. The van der Waals surface area contributed by atoms with Gasteiger partial charge in [-0.05, 0) is 24.0 Å². The fraction of sp³-hybridized carbons (Fsp3) is 0.200. The van der Waals surface area contributed by atoms with E-state index in [2.05, 4.69) is 12.2 Å². The quantitative estimate of drug-likeness (QED) is 0.801. The Labute approximate surface area is 116 Å². The topological polar surface area (TPSA) is 32.3 Å². The van der Waals surface area contributed by atoms with Crippen molar-refractivity contribution in [2.75, 3.05) is 11.1 Å². The van der Waals surface area contributed by atoms with Crippen molar-refractivity contribution < 1.29 is 9.50 Å². The fourth-order valence-electron chi connectivity index (χ4n) is 1.79. The summed E-state index contributed by atoms with van der Waals surface area (Å²) in [6, 6.07) is 12.5. The average molecular weight is 277 g/mol. The minimum atomic E-state index is -0.587. The van der Waals surface area contributed by atoms with Crippen molar-refractivity contribution in [3.8, 4) is 5.75 Å². The molecule has 0 bridgehead atoms. The van der Waals surface area contributed by atoms with Crippen LogP contribution in [0.25, 0.3) is 0 Å². The van der Waals surface area contributed by atoms with Crippen LogP contribution in [0, 0.1) is 5.82 Å². The van der Waals surface area contributed by atoms with Gasteiger partial charge >= 0.3 is 0 Å². The second-order valence-electron chi connectivity index (χ2n) is 4.03. The maximum Gasteiger partial charge on any atom is 0.165 e. The van der Waals surface area contributed by atoms with Crippen LogP contribution in [0.3, 0.4) is 0 Å². The number of hydrogen-bond donors (Lipinski definition) is 2. The summed E-state index contributed by atoms with van der Waals surface area (Å²) in [5.74, 6) is 0.121. The standard InChI is InChI=1S/C15H16FNOS/c1-2-19-14-9-4-3-8-13(14)17-10-11-6-5-7-12(16)15(11)18/h3-9,17-18H,2,10H2,1H3. The van der Waals surface area contributed by atoms with Crippen LogP contribution in [0.1, 0.15) is 12.5 Å². The molecule has 2 N–H and O–H groups in total. The van der Waals surface area contributed by atoms with Crippen LogP contribution in [-0.4, -0.2) is 10.9 Å². The average Bonchev–Trinajstić information content (AvgIpc) is 2.42. The number of para-hydroxylation sites is 2. The predicted octanol–water partition coefficient (Wildman–Crippen LogP) is 4.26. The molecule has 19 heavy (non-hydrogen) atoms. The molecule has 0 saturated carbocycles. The molecule has 0 spiro atoms. The number of aromatic hydroxyl groups is 1. The van der Waals surface area contributed by atoms with Gasteiger partial charge in [0.1, 0.15) is 0 Å². The Hall–Kier alpha value is -1.68. The molecule has 0 aromatic heterocycles. The van der Waals surface area contributed by atoms with Crippen molar-refractivity contribution in [1.29, 1.82) is 0 Å². The van der Waals surface area contributed by atoms with E-state index in [-0.39, 0.29) is 5.75 Å². The number of rotatable bonds is 5.